The number of rotatable bonds is 6. The third-order valence-electron chi connectivity index (χ3n) is 3.73. The van der Waals surface area contributed by atoms with E-state index in [2.05, 4.69) is 4.98 Å². The molecule has 0 N–H and O–H groups in total. The van der Waals surface area contributed by atoms with Crippen LogP contribution in [-0.4, -0.2) is 18.4 Å². The summed E-state index contributed by atoms with van der Waals surface area (Å²) in [6.45, 7) is 0.385. The molecular formula is C20H16FNO3. The Labute approximate surface area is 144 Å². The number of aldehydes is 1. The van der Waals surface area contributed by atoms with Crippen molar-refractivity contribution >= 4 is 6.29 Å². The smallest absolute Gasteiger partial charge is 0.213 e. The maximum absolute atomic E-state index is 14.1. The van der Waals surface area contributed by atoms with Crippen LogP contribution in [0.25, 0.3) is 11.1 Å². The van der Waals surface area contributed by atoms with E-state index in [1.54, 1.807) is 18.2 Å². The number of nitrogens with zero attached hydrogens (tertiary/aromatic N) is 1. The number of halogens is 1. The Morgan fingerprint density at radius 3 is 2.60 bits per heavy atom. The number of carbonyl (C=O) groups is 1. The zero-order valence-corrected chi connectivity index (χ0v) is 13.6. The molecule has 25 heavy (non-hydrogen) atoms. The minimum absolute atomic E-state index is 0.253. The van der Waals surface area contributed by atoms with Crippen molar-refractivity contribution in [1.29, 1.82) is 0 Å². The zero-order chi connectivity index (χ0) is 17.6. The third-order valence-corrected chi connectivity index (χ3v) is 3.73. The van der Waals surface area contributed by atoms with E-state index in [0.717, 1.165) is 11.8 Å². The topological polar surface area (TPSA) is 48.4 Å². The Morgan fingerprint density at radius 2 is 1.88 bits per heavy atom. The molecule has 0 saturated heterocycles. The van der Waals surface area contributed by atoms with Gasteiger partial charge in [0, 0.05) is 17.2 Å². The van der Waals surface area contributed by atoms with Crippen molar-refractivity contribution in [3.05, 3.63) is 77.7 Å². The molecule has 5 heteroatoms. The predicted octanol–water partition coefficient (Wildman–Crippen LogP) is 4.29. The number of pyridine rings is 1. The van der Waals surface area contributed by atoms with Crippen molar-refractivity contribution in [2.75, 3.05) is 7.11 Å². The van der Waals surface area contributed by atoms with Gasteiger partial charge in [0.05, 0.1) is 13.3 Å². The predicted molar refractivity (Wildman–Crippen MR) is 92.3 cm³/mol. The van der Waals surface area contributed by atoms with Gasteiger partial charge in [0.15, 0.2) is 6.29 Å². The van der Waals surface area contributed by atoms with Crippen LogP contribution in [-0.2, 0) is 6.61 Å². The van der Waals surface area contributed by atoms with Gasteiger partial charge in [0.25, 0.3) is 0 Å². The Balaban J connectivity index is 1.88. The van der Waals surface area contributed by atoms with Crippen LogP contribution < -0.4 is 9.47 Å². The summed E-state index contributed by atoms with van der Waals surface area (Å²) in [6.07, 6.45) is 1.75. The second-order valence-electron chi connectivity index (χ2n) is 5.35. The highest BCUT2D eigenvalue weighted by Crippen LogP contribution is 2.30. The summed E-state index contributed by atoms with van der Waals surface area (Å²) in [7, 11) is 1.45. The maximum Gasteiger partial charge on any atom is 0.213 e. The molecule has 0 fully saturated rings. The normalized spacial score (nSPS) is 10.3. The van der Waals surface area contributed by atoms with Crippen LogP contribution in [0.2, 0.25) is 0 Å². The summed E-state index contributed by atoms with van der Waals surface area (Å²) in [6, 6.07) is 16.1. The lowest BCUT2D eigenvalue weighted by Crippen LogP contribution is -1.98. The number of hydrogen-bond acceptors (Lipinski definition) is 4. The molecule has 0 aliphatic rings. The lowest BCUT2D eigenvalue weighted by atomic mass is 10.0. The number of hydrogen-bond donors (Lipinski definition) is 0. The summed E-state index contributed by atoms with van der Waals surface area (Å²) < 4.78 is 24.8. The van der Waals surface area contributed by atoms with Crippen LogP contribution in [0.15, 0.2) is 60.8 Å². The zero-order valence-electron chi connectivity index (χ0n) is 13.6. The van der Waals surface area contributed by atoms with Crippen LogP contribution in [0.4, 0.5) is 4.39 Å². The second kappa shape index (κ2) is 7.57. The van der Waals surface area contributed by atoms with Crippen LogP contribution in [0.1, 0.15) is 15.9 Å². The molecule has 126 valence electrons. The highest BCUT2D eigenvalue weighted by Gasteiger charge is 2.13. The van der Waals surface area contributed by atoms with Crippen molar-refractivity contribution in [1.82, 2.24) is 4.98 Å². The average molecular weight is 337 g/mol. The van der Waals surface area contributed by atoms with Gasteiger partial charge in [-0.3, -0.25) is 4.79 Å². The second-order valence-corrected chi connectivity index (χ2v) is 5.35. The standard InChI is InChI=1S/C20H16FNO3/c1-24-20-10-18(19(21)11-22-20)17-8-7-16(9-15(17)12-23)25-13-14-5-3-2-4-6-14/h2-12H,13H2,1H3. The Morgan fingerprint density at radius 1 is 1.08 bits per heavy atom. The monoisotopic (exact) mass is 337 g/mol. The van der Waals surface area contributed by atoms with Crippen molar-refractivity contribution in [3.63, 3.8) is 0 Å². The number of carbonyl (C=O) groups excluding carboxylic acids is 1. The lowest BCUT2D eigenvalue weighted by molar-refractivity contribution is 0.112. The van der Waals surface area contributed by atoms with Gasteiger partial charge >= 0.3 is 0 Å². The molecule has 1 heterocycles. The fraction of sp³-hybridized carbons (Fsp3) is 0.100. The first-order valence-electron chi connectivity index (χ1n) is 7.67. The summed E-state index contributed by atoms with van der Waals surface area (Å²) in [5, 5.41) is 0. The minimum Gasteiger partial charge on any atom is -0.489 e. The molecule has 0 aliphatic heterocycles. The summed E-state index contributed by atoms with van der Waals surface area (Å²) in [4.78, 5) is 15.3. The number of methoxy groups -OCH3 is 1. The number of ether oxygens (including phenoxy) is 2. The van der Waals surface area contributed by atoms with Gasteiger partial charge in [-0.2, -0.15) is 0 Å². The molecule has 0 radical (unpaired) electrons. The van der Waals surface area contributed by atoms with Crippen LogP contribution in [0.3, 0.4) is 0 Å². The van der Waals surface area contributed by atoms with Gasteiger partial charge in [-0.05, 0) is 29.3 Å². The molecular weight excluding hydrogens is 321 g/mol. The highest BCUT2D eigenvalue weighted by atomic mass is 19.1. The van der Waals surface area contributed by atoms with Crippen LogP contribution in [0.5, 0.6) is 11.6 Å². The summed E-state index contributed by atoms with van der Waals surface area (Å²) >= 11 is 0. The van der Waals surface area contributed by atoms with E-state index in [9.17, 15) is 9.18 Å². The highest BCUT2D eigenvalue weighted by molar-refractivity contribution is 5.88. The van der Waals surface area contributed by atoms with Crippen LogP contribution >= 0.6 is 0 Å². The van der Waals surface area contributed by atoms with E-state index >= 15 is 0 Å². The SMILES string of the molecule is COc1cc(-c2ccc(OCc3ccccc3)cc2C=O)c(F)cn1. The largest absolute Gasteiger partial charge is 0.489 e. The molecule has 0 atom stereocenters. The van der Waals surface area contributed by atoms with Gasteiger partial charge in [0.1, 0.15) is 18.2 Å². The van der Waals surface area contributed by atoms with Crippen molar-refractivity contribution in [3.8, 4) is 22.8 Å². The molecule has 0 amide bonds. The van der Waals surface area contributed by atoms with Gasteiger partial charge < -0.3 is 9.47 Å². The van der Waals surface area contributed by atoms with E-state index < -0.39 is 5.82 Å². The van der Waals surface area contributed by atoms with E-state index in [1.807, 2.05) is 30.3 Å². The van der Waals surface area contributed by atoms with Gasteiger partial charge in [-0.25, -0.2) is 9.37 Å². The molecule has 1 aromatic heterocycles. The molecule has 4 nitrogen and oxygen atoms in total. The first-order chi connectivity index (χ1) is 12.2. The molecule has 0 aliphatic carbocycles. The van der Waals surface area contributed by atoms with E-state index in [-0.39, 0.29) is 11.4 Å². The molecule has 0 spiro atoms. The Bertz CT molecular complexity index is 881. The quantitative estimate of drug-likeness (QED) is 0.630. The van der Waals surface area contributed by atoms with Gasteiger partial charge in [-0.1, -0.05) is 30.3 Å². The number of aromatic nitrogens is 1. The molecule has 3 aromatic rings. The average Bonchev–Trinajstić information content (AvgIpc) is 2.67. The van der Waals surface area contributed by atoms with Gasteiger partial charge in [0.2, 0.25) is 5.88 Å². The fourth-order valence-electron chi connectivity index (χ4n) is 2.45. The first kappa shape index (κ1) is 16.6. The minimum atomic E-state index is -0.526. The molecule has 0 unspecified atom stereocenters. The lowest BCUT2D eigenvalue weighted by Gasteiger charge is -2.11. The van der Waals surface area contributed by atoms with Crippen molar-refractivity contribution in [2.45, 2.75) is 6.61 Å². The van der Waals surface area contributed by atoms with Crippen molar-refractivity contribution < 1.29 is 18.7 Å². The molecule has 0 bridgehead atoms. The van der Waals surface area contributed by atoms with Crippen LogP contribution in [0, 0.1) is 5.82 Å². The van der Waals surface area contributed by atoms with E-state index in [1.165, 1.54) is 13.2 Å². The summed E-state index contributed by atoms with van der Waals surface area (Å²) in [5.41, 5.74) is 2.06. The Hall–Kier alpha value is -3.21. The Kier molecular flexibility index (Phi) is 5.04. The third kappa shape index (κ3) is 3.83. The summed E-state index contributed by atoms with van der Waals surface area (Å²) in [5.74, 6) is 0.288. The first-order valence-corrected chi connectivity index (χ1v) is 7.67. The molecule has 0 saturated carbocycles. The van der Waals surface area contributed by atoms with E-state index in [0.29, 0.717) is 29.8 Å². The maximum atomic E-state index is 14.1. The van der Waals surface area contributed by atoms with Gasteiger partial charge in [-0.15, -0.1) is 0 Å². The number of benzene rings is 2. The fourth-order valence-corrected chi connectivity index (χ4v) is 2.45. The van der Waals surface area contributed by atoms with Crippen molar-refractivity contribution in [2.24, 2.45) is 0 Å². The molecule has 3 rings (SSSR count). The molecule has 2 aromatic carbocycles. The van der Waals surface area contributed by atoms with E-state index in [4.69, 9.17) is 9.47 Å².